The van der Waals surface area contributed by atoms with Crippen molar-refractivity contribution >= 4 is 11.9 Å². The predicted octanol–water partition coefficient (Wildman–Crippen LogP) is 4.65. The molecule has 27 heavy (non-hydrogen) atoms. The molecular formula is C22H26O5. The number of carbonyl (C=O) groups excluding carboxylic acids is 2. The van der Waals surface area contributed by atoms with E-state index in [1.54, 1.807) is 38.1 Å². The number of esters is 2. The summed E-state index contributed by atoms with van der Waals surface area (Å²) in [5.74, 6) is 0.260. The molecule has 0 aliphatic carbocycles. The van der Waals surface area contributed by atoms with E-state index in [0.29, 0.717) is 29.3 Å². The number of rotatable bonds is 10. The fourth-order valence-corrected chi connectivity index (χ4v) is 1.80. The lowest BCUT2D eigenvalue weighted by molar-refractivity contribution is -0.137. The maximum absolute atomic E-state index is 11.5. The van der Waals surface area contributed by atoms with Crippen LogP contribution in [0.25, 0.3) is 0 Å². The van der Waals surface area contributed by atoms with E-state index in [4.69, 9.17) is 14.2 Å². The summed E-state index contributed by atoms with van der Waals surface area (Å²) in [6.45, 7) is 12.8. The molecule has 5 heteroatoms. The summed E-state index contributed by atoms with van der Waals surface area (Å²) in [4.78, 5) is 22.8. The van der Waals surface area contributed by atoms with Crippen LogP contribution >= 0.6 is 0 Å². The zero-order valence-corrected chi connectivity index (χ0v) is 16.1. The first kappa shape index (κ1) is 22.0. The Morgan fingerprint density at radius 3 is 2.19 bits per heavy atom. The minimum atomic E-state index is -0.454. The lowest BCUT2D eigenvalue weighted by Gasteiger charge is -2.09. The standard InChI is InChI=1S/C22H26O5/c1-6-8-19(9-7-14-25-21(23)16(2)3)26-15-18-10-12-20(13-11-18)27-22(24)17(4)5/h7-13H,2,4,6,14-15H2,1,3,5H3/b9-7-,19-8+. The van der Waals surface area contributed by atoms with E-state index in [0.717, 1.165) is 12.0 Å². The Labute approximate surface area is 160 Å². The van der Waals surface area contributed by atoms with Crippen LogP contribution in [0.15, 0.2) is 72.6 Å². The van der Waals surface area contributed by atoms with Crippen molar-refractivity contribution in [1.29, 1.82) is 0 Å². The molecule has 0 N–H and O–H groups in total. The van der Waals surface area contributed by atoms with E-state index in [2.05, 4.69) is 13.2 Å². The molecule has 144 valence electrons. The van der Waals surface area contributed by atoms with Crippen molar-refractivity contribution in [2.24, 2.45) is 0 Å². The topological polar surface area (TPSA) is 61.8 Å². The van der Waals surface area contributed by atoms with Gasteiger partial charge in [-0.2, -0.15) is 0 Å². The van der Waals surface area contributed by atoms with Crippen LogP contribution in [0.2, 0.25) is 0 Å². The van der Waals surface area contributed by atoms with Gasteiger partial charge >= 0.3 is 11.9 Å². The highest BCUT2D eigenvalue weighted by Gasteiger charge is 2.05. The first-order valence-electron chi connectivity index (χ1n) is 8.62. The van der Waals surface area contributed by atoms with Gasteiger partial charge < -0.3 is 14.2 Å². The van der Waals surface area contributed by atoms with Gasteiger partial charge in [-0.1, -0.05) is 32.2 Å². The summed E-state index contributed by atoms with van der Waals surface area (Å²) in [6.07, 6.45) is 6.21. The fraction of sp³-hybridized carbons (Fsp3) is 0.273. The summed E-state index contributed by atoms with van der Waals surface area (Å²) in [6, 6.07) is 7.05. The third-order valence-corrected chi connectivity index (χ3v) is 3.23. The summed E-state index contributed by atoms with van der Waals surface area (Å²) in [5.41, 5.74) is 1.63. The number of hydrogen-bond donors (Lipinski definition) is 0. The molecule has 1 aromatic carbocycles. The zero-order chi connectivity index (χ0) is 20.2. The second-order valence-corrected chi connectivity index (χ2v) is 5.90. The number of carbonyl (C=O) groups is 2. The largest absolute Gasteiger partial charge is 0.489 e. The van der Waals surface area contributed by atoms with Crippen molar-refractivity contribution < 1.29 is 23.8 Å². The molecule has 1 rings (SSSR count). The molecule has 0 aliphatic rings. The van der Waals surface area contributed by atoms with Gasteiger partial charge in [0.05, 0.1) is 0 Å². The molecule has 0 spiro atoms. The molecule has 0 aromatic heterocycles. The van der Waals surface area contributed by atoms with Crippen LogP contribution in [0.3, 0.4) is 0 Å². The summed E-state index contributed by atoms with van der Waals surface area (Å²) < 4.78 is 15.9. The van der Waals surface area contributed by atoms with Gasteiger partial charge in [0.25, 0.3) is 0 Å². The Bertz CT molecular complexity index is 738. The fourth-order valence-electron chi connectivity index (χ4n) is 1.80. The molecule has 0 heterocycles. The van der Waals surface area contributed by atoms with Gasteiger partial charge in [0.2, 0.25) is 0 Å². The normalized spacial score (nSPS) is 11.1. The molecule has 0 saturated carbocycles. The molecule has 0 saturated heterocycles. The average Bonchev–Trinajstić information content (AvgIpc) is 2.63. The molecule has 1 aromatic rings. The van der Waals surface area contributed by atoms with E-state index in [1.807, 2.05) is 25.1 Å². The van der Waals surface area contributed by atoms with Gasteiger partial charge in [-0.15, -0.1) is 0 Å². The summed E-state index contributed by atoms with van der Waals surface area (Å²) in [7, 11) is 0. The van der Waals surface area contributed by atoms with E-state index < -0.39 is 11.9 Å². The van der Waals surface area contributed by atoms with Crippen molar-refractivity contribution in [3.63, 3.8) is 0 Å². The van der Waals surface area contributed by atoms with Gasteiger partial charge in [-0.05, 0) is 56.2 Å². The van der Waals surface area contributed by atoms with E-state index in [9.17, 15) is 9.59 Å². The second-order valence-electron chi connectivity index (χ2n) is 5.90. The predicted molar refractivity (Wildman–Crippen MR) is 105 cm³/mol. The molecule has 0 fully saturated rings. The lowest BCUT2D eigenvalue weighted by Crippen LogP contribution is -2.08. The van der Waals surface area contributed by atoms with Crippen LogP contribution in [0.5, 0.6) is 5.75 Å². The monoisotopic (exact) mass is 370 g/mol. The first-order chi connectivity index (χ1) is 12.8. The van der Waals surface area contributed by atoms with Gasteiger partial charge in [0, 0.05) is 11.1 Å². The number of hydrogen-bond acceptors (Lipinski definition) is 5. The Morgan fingerprint density at radius 2 is 1.63 bits per heavy atom. The lowest BCUT2D eigenvalue weighted by atomic mass is 10.2. The number of ether oxygens (including phenoxy) is 3. The van der Waals surface area contributed by atoms with Crippen LogP contribution in [0, 0.1) is 0 Å². The van der Waals surface area contributed by atoms with Crippen molar-refractivity contribution in [3.8, 4) is 5.75 Å². The number of allylic oxidation sites excluding steroid dienone is 2. The molecular weight excluding hydrogens is 344 g/mol. The van der Waals surface area contributed by atoms with Crippen LogP contribution in [0.1, 0.15) is 32.8 Å². The van der Waals surface area contributed by atoms with E-state index in [-0.39, 0.29) is 6.61 Å². The van der Waals surface area contributed by atoms with Crippen LogP contribution in [0.4, 0.5) is 0 Å². The third-order valence-electron chi connectivity index (χ3n) is 3.23. The molecule has 0 radical (unpaired) electrons. The molecule has 0 unspecified atom stereocenters. The maximum Gasteiger partial charge on any atom is 0.338 e. The average molecular weight is 370 g/mol. The Hall–Kier alpha value is -3.08. The minimum Gasteiger partial charge on any atom is -0.489 e. The van der Waals surface area contributed by atoms with Crippen molar-refractivity contribution in [2.75, 3.05) is 6.61 Å². The van der Waals surface area contributed by atoms with Gasteiger partial charge in [-0.25, -0.2) is 9.59 Å². The SMILES string of the molecule is C=C(C)C(=O)OC/C=C\C(=C/CC)OCc1ccc(OC(=O)C(=C)C)cc1. The van der Waals surface area contributed by atoms with Crippen LogP contribution in [-0.2, 0) is 25.7 Å². The molecule has 5 nitrogen and oxygen atoms in total. The highest BCUT2D eigenvalue weighted by molar-refractivity contribution is 5.88. The van der Waals surface area contributed by atoms with Crippen molar-refractivity contribution in [2.45, 2.75) is 33.8 Å². The van der Waals surface area contributed by atoms with Crippen molar-refractivity contribution in [3.05, 3.63) is 78.1 Å². The van der Waals surface area contributed by atoms with E-state index >= 15 is 0 Å². The minimum absolute atomic E-state index is 0.152. The maximum atomic E-state index is 11.5. The second kappa shape index (κ2) is 11.5. The van der Waals surface area contributed by atoms with Gasteiger partial charge in [0.15, 0.2) is 0 Å². The van der Waals surface area contributed by atoms with Gasteiger partial charge in [-0.3, -0.25) is 0 Å². The Morgan fingerprint density at radius 1 is 1.00 bits per heavy atom. The number of benzene rings is 1. The highest BCUT2D eigenvalue weighted by Crippen LogP contribution is 2.15. The molecule has 0 atom stereocenters. The zero-order valence-electron chi connectivity index (χ0n) is 16.1. The molecule has 0 amide bonds. The summed E-state index contributed by atoms with van der Waals surface area (Å²) in [5, 5.41) is 0. The highest BCUT2D eigenvalue weighted by atomic mass is 16.5. The quantitative estimate of drug-likeness (QED) is 0.197. The van der Waals surface area contributed by atoms with Gasteiger partial charge in [0.1, 0.15) is 24.7 Å². The molecule has 0 bridgehead atoms. The van der Waals surface area contributed by atoms with Crippen LogP contribution < -0.4 is 4.74 Å². The Balaban J connectivity index is 2.55. The third kappa shape index (κ3) is 8.72. The smallest absolute Gasteiger partial charge is 0.338 e. The molecule has 0 aliphatic heterocycles. The van der Waals surface area contributed by atoms with Crippen molar-refractivity contribution in [1.82, 2.24) is 0 Å². The Kier molecular flexibility index (Phi) is 9.37. The summed E-state index contributed by atoms with van der Waals surface area (Å²) >= 11 is 0. The first-order valence-corrected chi connectivity index (χ1v) is 8.62. The van der Waals surface area contributed by atoms with E-state index in [1.165, 1.54) is 0 Å². The van der Waals surface area contributed by atoms with Crippen LogP contribution in [-0.4, -0.2) is 18.5 Å².